The molecule has 1 aliphatic heterocycles. The van der Waals surface area contributed by atoms with Crippen molar-refractivity contribution in [3.05, 3.63) is 0 Å². The van der Waals surface area contributed by atoms with Crippen molar-refractivity contribution in [2.45, 2.75) is 32.1 Å². The summed E-state index contributed by atoms with van der Waals surface area (Å²) in [5, 5.41) is 9.14. The van der Waals surface area contributed by atoms with Gasteiger partial charge in [0.15, 0.2) is 0 Å². The maximum Gasteiger partial charge on any atom is 0.307 e. The second-order valence-corrected chi connectivity index (χ2v) is 5.79. The summed E-state index contributed by atoms with van der Waals surface area (Å²) in [6.45, 7) is 3.88. The van der Waals surface area contributed by atoms with Crippen LogP contribution in [0.1, 0.15) is 32.1 Å². The Labute approximate surface area is 114 Å². The molecule has 0 radical (unpaired) electrons. The quantitative estimate of drug-likeness (QED) is 0.809. The summed E-state index contributed by atoms with van der Waals surface area (Å²) >= 11 is 0. The van der Waals surface area contributed by atoms with Crippen molar-refractivity contribution < 1.29 is 14.7 Å². The number of nitrogens with zero attached hydrogens (tertiary/aromatic N) is 2. The van der Waals surface area contributed by atoms with Crippen molar-refractivity contribution in [1.82, 2.24) is 9.80 Å². The number of hydrogen-bond donors (Lipinski definition) is 1. The first kappa shape index (κ1) is 14.3. The Morgan fingerprint density at radius 2 is 1.79 bits per heavy atom. The van der Waals surface area contributed by atoms with Crippen LogP contribution in [0.25, 0.3) is 0 Å². The van der Waals surface area contributed by atoms with Gasteiger partial charge in [0.2, 0.25) is 5.91 Å². The van der Waals surface area contributed by atoms with E-state index in [0.29, 0.717) is 13.0 Å². The minimum absolute atomic E-state index is 0.0177. The number of carboxylic acid groups (broad SMARTS) is 1. The van der Waals surface area contributed by atoms with Gasteiger partial charge in [-0.25, -0.2) is 0 Å². The molecule has 1 saturated heterocycles. The Kier molecular flexibility index (Phi) is 4.80. The summed E-state index contributed by atoms with van der Waals surface area (Å²) in [6.07, 6.45) is 4.73. The molecule has 0 spiro atoms. The number of likely N-dealkylation sites (tertiary alicyclic amines) is 1. The van der Waals surface area contributed by atoms with E-state index in [0.717, 1.165) is 32.5 Å². The molecule has 0 unspecified atom stereocenters. The first-order chi connectivity index (χ1) is 9.09. The standard InChI is InChI=1S/C14H24N2O3/c1-15(9-10-16-7-2-3-8-16)13(17)11-5-4-6-12(11)14(18)19/h11-12H,2-10H2,1H3,(H,18,19)/t11-,12+/m1/s1. The molecule has 2 fully saturated rings. The molecule has 1 heterocycles. The van der Waals surface area contributed by atoms with Gasteiger partial charge in [-0.05, 0) is 38.8 Å². The van der Waals surface area contributed by atoms with Crippen LogP contribution in [-0.4, -0.2) is 60.0 Å². The van der Waals surface area contributed by atoms with Crippen LogP contribution >= 0.6 is 0 Å². The predicted octanol–water partition coefficient (Wildman–Crippen LogP) is 1.04. The zero-order valence-electron chi connectivity index (χ0n) is 11.7. The molecule has 19 heavy (non-hydrogen) atoms. The molecule has 2 atom stereocenters. The summed E-state index contributed by atoms with van der Waals surface area (Å²) in [7, 11) is 1.80. The van der Waals surface area contributed by atoms with Crippen LogP contribution in [0.5, 0.6) is 0 Å². The molecular weight excluding hydrogens is 244 g/mol. The van der Waals surface area contributed by atoms with Crippen LogP contribution in [-0.2, 0) is 9.59 Å². The van der Waals surface area contributed by atoms with Gasteiger partial charge in [-0.2, -0.15) is 0 Å². The molecule has 5 nitrogen and oxygen atoms in total. The molecule has 1 amide bonds. The molecule has 0 aromatic carbocycles. The van der Waals surface area contributed by atoms with Crippen LogP contribution in [0.2, 0.25) is 0 Å². The van der Waals surface area contributed by atoms with E-state index in [9.17, 15) is 9.59 Å². The highest BCUT2D eigenvalue weighted by atomic mass is 16.4. The predicted molar refractivity (Wildman–Crippen MR) is 71.8 cm³/mol. The highest BCUT2D eigenvalue weighted by Crippen LogP contribution is 2.33. The number of rotatable bonds is 5. The highest BCUT2D eigenvalue weighted by Gasteiger charge is 2.38. The summed E-state index contributed by atoms with van der Waals surface area (Å²) < 4.78 is 0. The van der Waals surface area contributed by atoms with E-state index in [4.69, 9.17) is 5.11 Å². The minimum Gasteiger partial charge on any atom is -0.481 e. The van der Waals surface area contributed by atoms with Crippen molar-refractivity contribution >= 4 is 11.9 Å². The first-order valence-electron chi connectivity index (χ1n) is 7.29. The minimum atomic E-state index is -0.816. The maximum absolute atomic E-state index is 12.3. The molecule has 108 valence electrons. The molecule has 1 aliphatic carbocycles. The number of carbonyl (C=O) groups is 2. The normalized spacial score (nSPS) is 27.6. The molecule has 1 saturated carbocycles. The fraction of sp³-hybridized carbons (Fsp3) is 0.857. The average Bonchev–Trinajstić information content (AvgIpc) is 3.05. The number of hydrogen-bond acceptors (Lipinski definition) is 3. The van der Waals surface area contributed by atoms with E-state index >= 15 is 0 Å². The Bertz CT molecular complexity index is 340. The largest absolute Gasteiger partial charge is 0.481 e. The van der Waals surface area contributed by atoms with Gasteiger partial charge >= 0.3 is 5.97 Å². The molecule has 2 aliphatic rings. The topological polar surface area (TPSA) is 60.9 Å². The zero-order valence-corrected chi connectivity index (χ0v) is 11.7. The van der Waals surface area contributed by atoms with E-state index in [2.05, 4.69) is 4.90 Å². The number of carboxylic acids is 1. The molecule has 1 N–H and O–H groups in total. The van der Waals surface area contributed by atoms with Gasteiger partial charge in [-0.3, -0.25) is 9.59 Å². The van der Waals surface area contributed by atoms with E-state index in [1.165, 1.54) is 12.8 Å². The van der Waals surface area contributed by atoms with E-state index < -0.39 is 11.9 Å². The van der Waals surface area contributed by atoms with E-state index in [1.807, 2.05) is 0 Å². The van der Waals surface area contributed by atoms with Crippen LogP contribution in [0, 0.1) is 11.8 Å². The van der Waals surface area contributed by atoms with Crippen molar-refractivity contribution in [2.75, 3.05) is 33.2 Å². The van der Waals surface area contributed by atoms with Gasteiger partial charge in [0, 0.05) is 20.1 Å². The first-order valence-corrected chi connectivity index (χ1v) is 7.29. The number of amides is 1. The van der Waals surface area contributed by atoms with Crippen molar-refractivity contribution in [2.24, 2.45) is 11.8 Å². The number of likely N-dealkylation sites (N-methyl/N-ethyl adjacent to an activating group) is 1. The van der Waals surface area contributed by atoms with Crippen LogP contribution in [0.15, 0.2) is 0 Å². The van der Waals surface area contributed by atoms with Crippen molar-refractivity contribution in [3.63, 3.8) is 0 Å². The second kappa shape index (κ2) is 6.37. The number of aliphatic carboxylic acids is 1. The van der Waals surface area contributed by atoms with Crippen molar-refractivity contribution in [1.29, 1.82) is 0 Å². The van der Waals surface area contributed by atoms with Crippen LogP contribution in [0.4, 0.5) is 0 Å². The molecule has 0 bridgehead atoms. The fourth-order valence-corrected chi connectivity index (χ4v) is 3.24. The van der Waals surface area contributed by atoms with E-state index in [-0.39, 0.29) is 11.8 Å². The van der Waals surface area contributed by atoms with Gasteiger partial charge in [-0.1, -0.05) is 6.42 Å². The van der Waals surface area contributed by atoms with Crippen molar-refractivity contribution in [3.8, 4) is 0 Å². The molecular formula is C14H24N2O3. The van der Waals surface area contributed by atoms with Gasteiger partial charge in [0.25, 0.3) is 0 Å². The Morgan fingerprint density at radius 1 is 1.16 bits per heavy atom. The Balaban J connectivity index is 1.82. The lowest BCUT2D eigenvalue weighted by Gasteiger charge is -2.25. The fourth-order valence-electron chi connectivity index (χ4n) is 3.24. The van der Waals surface area contributed by atoms with Gasteiger partial charge in [-0.15, -0.1) is 0 Å². The molecule has 5 heteroatoms. The monoisotopic (exact) mass is 268 g/mol. The van der Waals surface area contributed by atoms with Gasteiger partial charge in [0.05, 0.1) is 11.8 Å². The van der Waals surface area contributed by atoms with E-state index in [1.54, 1.807) is 11.9 Å². The number of carbonyl (C=O) groups excluding carboxylic acids is 1. The summed E-state index contributed by atoms with van der Waals surface area (Å²) in [4.78, 5) is 27.5. The molecule has 2 rings (SSSR count). The third-order valence-corrected chi connectivity index (χ3v) is 4.48. The Hall–Kier alpha value is -1.10. The van der Waals surface area contributed by atoms with Crippen LogP contribution < -0.4 is 0 Å². The summed E-state index contributed by atoms with van der Waals surface area (Å²) in [5.74, 6) is -1.57. The van der Waals surface area contributed by atoms with Gasteiger partial charge in [0.1, 0.15) is 0 Å². The summed E-state index contributed by atoms with van der Waals surface area (Å²) in [5.41, 5.74) is 0. The lowest BCUT2D eigenvalue weighted by atomic mass is 9.95. The molecule has 0 aromatic rings. The molecule has 0 aromatic heterocycles. The second-order valence-electron chi connectivity index (χ2n) is 5.79. The third-order valence-electron chi connectivity index (χ3n) is 4.48. The lowest BCUT2D eigenvalue weighted by molar-refractivity contribution is -0.148. The maximum atomic E-state index is 12.3. The SMILES string of the molecule is CN(CCN1CCCC1)C(=O)[C@@H]1CCC[C@@H]1C(=O)O. The van der Waals surface area contributed by atoms with Gasteiger partial charge < -0.3 is 14.9 Å². The average molecular weight is 268 g/mol. The third kappa shape index (κ3) is 3.47. The smallest absolute Gasteiger partial charge is 0.307 e. The zero-order chi connectivity index (χ0) is 13.8. The Morgan fingerprint density at radius 3 is 2.42 bits per heavy atom. The van der Waals surface area contributed by atoms with Crippen LogP contribution in [0.3, 0.4) is 0 Å². The highest BCUT2D eigenvalue weighted by molar-refractivity contribution is 5.85. The summed E-state index contributed by atoms with van der Waals surface area (Å²) in [6, 6.07) is 0. The lowest BCUT2D eigenvalue weighted by Crippen LogP contribution is -2.40.